The molecule has 4 aromatic rings. The molecule has 6 rings (SSSR count). The number of hydrogen-bond acceptors (Lipinski definition) is 8. The number of aromatic nitrogens is 7. The molecule has 0 unspecified atom stereocenters. The molecular formula is C27H29F2N7O4. The molecule has 2 aliphatic rings. The highest BCUT2D eigenvalue weighted by molar-refractivity contribution is 5.72. The van der Waals surface area contributed by atoms with Crippen LogP contribution in [0.25, 0.3) is 22.6 Å². The SMILES string of the molecule is O=c1[nH]c(C(F)F)nc2c(=O)n(CCCCc3noc(-c4ccccn4)n3)c(=O)n(CCCC3(C4CC4)CC3)c12. The monoisotopic (exact) mass is 553 g/mol. The van der Waals surface area contributed by atoms with Crippen LogP contribution < -0.4 is 16.8 Å². The Morgan fingerprint density at radius 1 is 1.05 bits per heavy atom. The largest absolute Gasteiger partial charge is 0.332 e. The van der Waals surface area contributed by atoms with E-state index in [1.54, 1.807) is 18.3 Å². The zero-order valence-electron chi connectivity index (χ0n) is 21.8. The zero-order valence-corrected chi connectivity index (χ0v) is 21.8. The van der Waals surface area contributed by atoms with Crippen LogP contribution in [0.3, 0.4) is 0 Å². The van der Waals surface area contributed by atoms with E-state index in [1.807, 2.05) is 11.1 Å². The molecule has 0 bridgehead atoms. The quantitative estimate of drug-likeness (QED) is 0.262. The van der Waals surface area contributed by atoms with E-state index in [4.69, 9.17) is 4.52 Å². The van der Waals surface area contributed by atoms with Crippen LogP contribution in [0.2, 0.25) is 0 Å². The Hall–Kier alpha value is -4.03. The average Bonchev–Trinajstić information content (AvgIpc) is 3.88. The van der Waals surface area contributed by atoms with Crippen molar-refractivity contribution >= 4 is 11.0 Å². The Bertz CT molecular complexity index is 1700. The molecule has 1 N–H and O–H groups in total. The van der Waals surface area contributed by atoms with E-state index in [0.717, 1.165) is 16.9 Å². The van der Waals surface area contributed by atoms with Crippen LogP contribution in [0.4, 0.5) is 8.78 Å². The third-order valence-electron chi connectivity index (χ3n) is 8.08. The van der Waals surface area contributed by atoms with Crippen LogP contribution >= 0.6 is 0 Å². The van der Waals surface area contributed by atoms with E-state index in [9.17, 15) is 23.2 Å². The molecule has 2 fully saturated rings. The van der Waals surface area contributed by atoms with Crippen molar-refractivity contribution in [2.75, 3.05) is 0 Å². The van der Waals surface area contributed by atoms with Crippen LogP contribution in [0, 0.1) is 11.3 Å². The second-order valence-electron chi connectivity index (χ2n) is 10.8. The number of rotatable bonds is 12. The molecule has 0 radical (unpaired) electrons. The number of nitrogens with one attached hydrogen (secondary N) is 1. The van der Waals surface area contributed by atoms with Crippen LogP contribution in [-0.4, -0.2) is 34.2 Å². The van der Waals surface area contributed by atoms with Gasteiger partial charge < -0.3 is 9.51 Å². The van der Waals surface area contributed by atoms with Gasteiger partial charge >= 0.3 is 5.69 Å². The summed E-state index contributed by atoms with van der Waals surface area (Å²) >= 11 is 0. The summed E-state index contributed by atoms with van der Waals surface area (Å²) in [6.45, 7) is 0.241. The summed E-state index contributed by atoms with van der Waals surface area (Å²) in [5.41, 5.74) is -2.17. The van der Waals surface area contributed by atoms with E-state index in [2.05, 4.69) is 20.1 Å². The maximum absolute atomic E-state index is 13.5. The van der Waals surface area contributed by atoms with Gasteiger partial charge in [-0.3, -0.25) is 23.7 Å². The third kappa shape index (κ3) is 5.11. The van der Waals surface area contributed by atoms with Gasteiger partial charge in [0.15, 0.2) is 17.2 Å². The molecule has 2 saturated carbocycles. The smallest absolute Gasteiger partial charge is 0.331 e. The van der Waals surface area contributed by atoms with Gasteiger partial charge in [0, 0.05) is 25.7 Å². The topological polar surface area (TPSA) is 142 Å². The summed E-state index contributed by atoms with van der Waals surface area (Å²) in [6, 6.07) is 5.34. The normalized spacial score (nSPS) is 16.2. The molecule has 40 heavy (non-hydrogen) atoms. The number of H-pyrrole nitrogens is 1. The number of aryl methyl sites for hydroxylation is 2. The number of fused-ring (bicyclic) bond motifs is 1. The van der Waals surface area contributed by atoms with Crippen molar-refractivity contribution in [2.24, 2.45) is 11.3 Å². The standard InChI is InChI=1S/C27H29F2N7O4/c28-21(29)22-32-19-20(23(37)33-22)35(15-5-10-27(11-12-27)16-8-9-16)26(39)36(25(19)38)14-4-2-7-18-31-24(40-34-18)17-6-1-3-13-30-17/h1,3,6,13,16,21H,2,4-5,7-12,14-15H2,(H,32,33,37). The highest BCUT2D eigenvalue weighted by Gasteiger charge is 2.52. The summed E-state index contributed by atoms with van der Waals surface area (Å²) in [7, 11) is 0. The Balaban J connectivity index is 1.22. The predicted octanol–water partition coefficient (Wildman–Crippen LogP) is 3.62. The van der Waals surface area contributed by atoms with Gasteiger partial charge in [-0.15, -0.1) is 0 Å². The van der Waals surface area contributed by atoms with E-state index >= 15 is 0 Å². The van der Waals surface area contributed by atoms with Gasteiger partial charge in [0.1, 0.15) is 11.2 Å². The van der Waals surface area contributed by atoms with Gasteiger partial charge in [-0.1, -0.05) is 11.2 Å². The predicted molar refractivity (Wildman–Crippen MR) is 140 cm³/mol. The first kappa shape index (κ1) is 26.2. The molecule has 0 amide bonds. The summed E-state index contributed by atoms with van der Waals surface area (Å²) in [6.07, 6.45) is 6.33. The van der Waals surface area contributed by atoms with Gasteiger partial charge in [0.2, 0.25) is 0 Å². The Morgan fingerprint density at radius 3 is 2.55 bits per heavy atom. The molecule has 4 heterocycles. The molecule has 0 aliphatic heterocycles. The average molecular weight is 554 g/mol. The summed E-state index contributed by atoms with van der Waals surface area (Å²) in [5, 5.41) is 3.96. The summed E-state index contributed by atoms with van der Waals surface area (Å²) < 4.78 is 34.3. The highest BCUT2D eigenvalue weighted by Crippen LogP contribution is 2.63. The number of hydrogen-bond donors (Lipinski definition) is 1. The number of pyridine rings is 1. The number of halogens is 2. The highest BCUT2D eigenvalue weighted by atomic mass is 19.3. The van der Waals surface area contributed by atoms with Crippen molar-refractivity contribution in [1.82, 2.24) is 34.2 Å². The minimum absolute atomic E-state index is 0.0308. The molecule has 2 aliphatic carbocycles. The van der Waals surface area contributed by atoms with Crippen LogP contribution in [0.5, 0.6) is 0 Å². The lowest BCUT2D eigenvalue weighted by molar-refractivity contribution is 0.140. The van der Waals surface area contributed by atoms with Crippen LogP contribution in [0.1, 0.15) is 69.4 Å². The van der Waals surface area contributed by atoms with Crippen molar-refractivity contribution < 1.29 is 13.3 Å². The maximum atomic E-state index is 13.5. The minimum Gasteiger partial charge on any atom is -0.332 e. The molecule has 13 heteroatoms. The van der Waals surface area contributed by atoms with Crippen molar-refractivity contribution in [1.29, 1.82) is 0 Å². The zero-order chi connectivity index (χ0) is 27.9. The summed E-state index contributed by atoms with van der Waals surface area (Å²) in [4.78, 5) is 53.8. The number of unbranched alkanes of at least 4 members (excludes halogenated alkanes) is 1. The fourth-order valence-corrected chi connectivity index (χ4v) is 5.66. The van der Waals surface area contributed by atoms with Crippen molar-refractivity contribution in [3.8, 4) is 11.6 Å². The number of aromatic amines is 1. The second kappa shape index (κ2) is 10.5. The molecule has 4 aromatic heterocycles. The first-order valence-corrected chi connectivity index (χ1v) is 13.7. The lowest BCUT2D eigenvalue weighted by atomic mass is 9.94. The minimum atomic E-state index is -3.07. The van der Waals surface area contributed by atoms with Crippen LogP contribution in [0.15, 0.2) is 43.3 Å². The first-order chi connectivity index (χ1) is 19.4. The first-order valence-electron chi connectivity index (χ1n) is 13.7. The van der Waals surface area contributed by atoms with E-state index in [1.165, 1.54) is 30.3 Å². The molecule has 210 valence electrons. The Labute approximate surface area is 226 Å². The van der Waals surface area contributed by atoms with Gasteiger partial charge in [0.25, 0.3) is 23.4 Å². The van der Waals surface area contributed by atoms with Crippen molar-refractivity contribution in [2.45, 2.75) is 77.3 Å². The lowest BCUT2D eigenvalue weighted by Gasteiger charge is -2.16. The van der Waals surface area contributed by atoms with Gasteiger partial charge in [0.05, 0.1) is 0 Å². The number of nitrogens with zero attached hydrogens (tertiary/aromatic N) is 6. The second-order valence-corrected chi connectivity index (χ2v) is 10.8. The van der Waals surface area contributed by atoms with Crippen molar-refractivity contribution in [3.63, 3.8) is 0 Å². The van der Waals surface area contributed by atoms with E-state index < -0.39 is 34.6 Å². The lowest BCUT2D eigenvalue weighted by Crippen LogP contribution is -2.42. The summed E-state index contributed by atoms with van der Waals surface area (Å²) in [5.74, 6) is 0.610. The fourth-order valence-electron chi connectivity index (χ4n) is 5.66. The molecule has 0 aromatic carbocycles. The van der Waals surface area contributed by atoms with Gasteiger partial charge in [-0.2, -0.15) is 4.98 Å². The number of alkyl halides is 2. The molecule has 11 nitrogen and oxygen atoms in total. The molecule has 0 spiro atoms. The van der Waals surface area contributed by atoms with E-state index in [0.29, 0.717) is 48.5 Å². The fraction of sp³-hybridized carbons (Fsp3) is 0.519. The molecule has 0 saturated heterocycles. The van der Waals surface area contributed by atoms with E-state index in [-0.39, 0.29) is 18.6 Å². The Morgan fingerprint density at radius 2 is 1.85 bits per heavy atom. The van der Waals surface area contributed by atoms with Crippen molar-refractivity contribution in [3.05, 3.63) is 67.2 Å². The third-order valence-corrected chi connectivity index (χ3v) is 8.08. The molecule has 0 atom stereocenters. The van der Waals surface area contributed by atoms with Gasteiger partial charge in [-0.05, 0) is 74.8 Å². The molecular weight excluding hydrogens is 524 g/mol. The van der Waals surface area contributed by atoms with Crippen LogP contribution in [-0.2, 0) is 19.5 Å². The Kier molecular flexibility index (Phi) is 6.88. The van der Waals surface area contributed by atoms with Gasteiger partial charge in [-0.25, -0.2) is 18.6 Å². The maximum Gasteiger partial charge on any atom is 0.331 e.